The lowest BCUT2D eigenvalue weighted by atomic mass is 10.2. The van der Waals surface area contributed by atoms with E-state index < -0.39 is 17.7 Å². The third kappa shape index (κ3) is 4.42. The summed E-state index contributed by atoms with van der Waals surface area (Å²) in [4.78, 5) is 35.2. The molecular weight excluding hydrogens is 362 g/mol. The molecule has 0 saturated carbocycles. The van der Waals surface area contributed by atoms with Crippen LogP contribution in [0.4, 0.5) is 11.4 Å². The zero-order valence-electron chi connectivity index (χ0n) is 14.0. The summed E-state index contributed by atoms with van der Waals surface area (Å²) in [5.74, 6) is -1.85. The lowest BCUT2D eigenvalue weighted by Crippen LogP contribution is -2.29. The number of rotatable bonds is 5. The van der Waals surface area contributed by atoms with Crippen LogP contribution in [0.1, 0.15) is 10.4 Å². The molecule has 0 aliphatic rings. The average Bonchev–Trinajstić information content (AvgIpc) is 2.63. The third-order valence-electron chi connectivity index (χ3n) is 3.36. The van der Waals surface area contributed by atoms with Crippen molar-refractivity contribution in [2.75, 3.05) is 24.9 Å². The molecule has 0 unspecified atom stereocenters. The molecule has 0 atom stereocenters. The second kappa shape index (κ2) is 8.21. The smallest absolute Gasteiger partial charge is 0.314 e. The van der Waals surface area contributed by atoms with E-state index in [1.807, 2.05) is 0 Å². The van der Waals surface area contributed by atoms with Gasteiger partial charge in [0, 0.05) is 23.4 Å². The van der Waals surface area contributed by atoms with Crippen molar-refractivity contribution in [3.05, 3.63) is 47.0 Å². The maximum Gasteiger partial charge on any atom is 0.314 e. The Hall–Kier alpha value is -3.26. The fourth-order valence-corrected chi connectivity index (χ4v) is 2.27. The fraction of sp³-hybridized carbons (Fsp3) is 0.118. The van der Waals surface area contributed by atoms with Crippen LogP contribution < -0.4 is 25.8 Å². The summed E-state index contributed by atoms with van der Waals surface area (Å²) in [6.07, 6.45) is 0. The Labute approximate surface area is 154 Å². The molecule has 136 valence electrons. The molecule has 3 amide bonds. The van der Waals surface area contributed by atoms with Crippen LogP contribution in [0.3, 0.4) is 0 Å². The summed E-state index contributed by atoms with van der Waals surface area (Å²) < 4.78 is 10.2. The predicted molar refractivity (Wildman–Crippen MR) is 96.8 cm³/mol. The number of hydrogen-bond donors (Lipinski definition) is 3. The number of nitrogens with one attached hydrogen (secondary N) is 2. The minimum Gasteiger partial charge on any atom is -0.495 e. The molecule has 2 aromatic rings. The number of hydrogen-bond acceptors (Lipinski definition) is 5. The van der Waals surface area contributed by atoms with E-state index in [-0.39, 0.29) is 17.0 Å². The zero-order chi connectivity index (χ0) is 19.3. The second-order valence-electron chi connectivity index (χ2n) is 5.04. The molecule has 0 aliphatic carbocycles. The van der Waals surface area contributed by atoms with Crippen LogP contribution in [-0.2, 0) is 9.59 Å². The molecule has 2 rings (SSSR count). The molecule has 0 heterocycles. The molecule has 0 radical (unpaired) electrons. The van der Waals surface area contributed by atoms with Crippen molar-refractivity contribution in [3.8, 4) is 11.5 Å². The Morgan fingerprint density at radius 1 is 0.923 bits per heavy atom. The minimum atomic E-state index is -0.924. The predicted octanol–water partition coefficient (Wildman–Crippen LogP) is 2.03. The summed E-state index contributed by atoms with van der Waals surface area (Å²) in [6.45, 7) is 0. The first-order chi connectivity index (χ1) is 12.3. The quantitative estimate of drug-likeness (QED) is 0.688. The Morgan fingerprint density at radius 2 is 1.50 bits per heavy atom. The normalized spacial score (nSPS) is 9.96. The number of anilines is 2. The first-order valence-electron chi connectivity index (χ1n) is 7.29. The zero-order valence-corrected chi connectivity index (χ0v) is 14.7. The van der Waals surface area contributed by atoms with E-state index in [2.05, 4.69) is 10.6 Å². The van der Waals surface area contributed by atoms with Gasteiger partial charge in [0.25, 0.3) is 0 Å². The van der Waals surface area contributed by atoms with Gasteiger partial charge in [-0.1, -0.05) is 11.6 Å². The van der Waals surface area contributed by atoms with Crippen LogP contribution in [0.15, 0.2) is 36.4 Å². The number of benzene rings is 2. The fourth-order valence-electron chi connectivity index (χ4n) is 2.04. The molecule has 0 aliphatic heterocycles. The highest BCUT2D eigenvalue weighted by atomic mass is 35.5. The molecule has 0 fully saturated rings. The van der Waals surface area contributed by atoms with E-state index in [1.165, 1.54) is 50.6 Å². The van der Waals surface area contributed by atoms with Crippen LogP contribution in [0, 0.1) is 0 Å². The van der Waals surface area contributed by atoms with Gasteiger partial charge in [0.15, 0.2) is 0 Å². The Kier molecular flexibility index (Phi) is 6.03. The van der Waals surface area contributed by atoms with Crippen molar-refractivity contribution < 1.29 is 23.9 Å². The minimum absolute atomic E-state index is 0.220. The Morgan fingerprint density at radius 3 is 2.04 bits per heavy atom. The summed E-state index contributed by atoms with van der Waals surface area (Å²) in [5, 5.41) is 5.12. The van der Waals surface area contributed by atoms with Gasteiger partial charge < -0.3 is 25.8 Å². The van der Waals surface area contributed by atoms with E-state index >= 15 is 0 Å². The van der Waals surface area contributed by atoms with Gasteiger partial charge in [-0.25, -0.2) is 0 Å². The van der Waals surface area contributed by atoms with Crippen molar-refractivity contribution in [1.82, 2.24) is 0 Å². The number of carbonyl (C=O) groups is 3. The molecule has 0 spiro atoms. The monoisotopic (exact) mass is 377 g/mol. The number of halogens is 1. The largest absolute Gasteiger partial charge is 0.495 e. The standard InChI is InChI=1S/C17H16ClN3O5/c1-25-13-8-12(14(26-2)7-11(13)18)21-17(24)16(23)20-10-5-3-9(4-6-10)15(19)22/h3-8H,1-2H3,(H2,19,22)(H,20,23)(H,21,24). The third-order valence-corrected chi connectivity index (χ3v) is 3.65. The topological polar surface area (TPSA) is 120 Å². The molecule has 0 bridgehead atoms. The lowest BCUT2D eigenvalue weighted by Gasteiger charge is -2.13. The van der Waals surface area contributed by atoms with E-state index in [0.29, 0.717) is 16.5 Å². The summed E-state index contributed by atoms with van der Waals surface area (Å²) >= 11 is 5.99. The Balaban J connectivity index is 2.11. The van der Waals surface area contributed by atoms with E-state index in [9.17, 15) is 14.4 Å². The van der Waals surface area contributed by atoms with Gasteiger partial charge in [-0.15, -0.1) is 0 Å². The van der Waals surface area contributed by atoms with Crippen LogP contribution in [0.5, 0.6) is 11.5 Å². The molecule has 2 aromatic carbocycles. The average molecular weight is 378 g/mol. The number of amides is 3. The summed E-state index contributed by atoms with van der Waals surface area (Å²) in [6, 6.07) is 8.67. The molecular formula is C17H16ClN3O5. The summed E-state index contributed by atoms with van der Waals surface area (Å²) in [7, 11) is 2.82. The maximum atomic E-state index is 12.1. The SMILES string of the molecule is COc1cc(NC(=O)C(=O)Nc2ccc(C(N)=O)cc2)c(OC)cc1Cl. The highest BCUT2D eigenvalue weighted by Crippen LogP contribution is 2.35. The molecule has 0 aromatic heterocycles. The van der Waals surface area contributed by atoms with Crippen LogP contribution >= 0.6 is 11.6 Å². The van der Waals surface area contributed by atoms with Gasteiger partial charge >= 0.3 is 11.8 Å². The number of methoxy groups -OCH3 is 2. The van der Waals surface area contributed by atoms with Crippen molar-refractivity contribution in [1.29, 1.82) is 0 Å². The van der Waals surface area contributed by atoms with Gasteiger partial charge in [-0.2, -0.15) is 0 Å². The van der Waals surface area contributed by atoms with E-state index in [0.717, 1.165) is 0 Å². The van der Waals surface area contributed by atoms with Crippen molar-refractivity contribution in [2.45, 2.75) is 0 Å². The first kappa shape index (κ1) is 19.1. The van der Waals surface area contributed by atoms with Gasteiger partial charge in [0.05, 0.1) is 24.9 Å². The van der Waals surface area contributed by atoms with E-state index in [1.54, 1.807) is 0 Å². The molecule has 8 nitrogen and oxygen atoms in total. The van der Waals surface area contributed by atoms with Gasteiger partial charge in [0.1, 0.15) is 11.5 Å². The van der Waals surface area contributed by atoms with Crippen LogP contribution in [0.2, 0.25) is 5.02 Å². The second-order valence-corrected chi connectivity index (χ2v) is 5.44. The highest BCUT2D eigenvalue weighted by molar-refractivity contribution is 6.44. The number of carbonyl (C=O) groups excluding carboxylic acids is 3. The number of primary amides is 1. The van der Waals surface area contributed by atoms with Gasteiger partial charge in [-0.3, -0.25) is 14.4 Å². The van der Waals surface area contributed by atoms with Gasteiger partial charge in [0.2, 0.25) is 5.91 Å². The first-order valence-corrected chi connectivity index (χ1v) is 7.67. The highest BCUT2D eigenvalue weighted by Gasteiger charge is 2.18. The lowest BCUT2D eigenvalue weighted by molar-refractivity contribution is -0.133. The van der Waals surface area contributed by atoms with Crippen LogP contribution in [0.25, 0.3) is 0 Å². The van der Waals surface area contributed by atoms with E-state index in [4.69, 9.17) is 26.8 Å². The number of ether oxygens (including phenoxy) is 2. The number of nitrogens with two attached hydrogens (primary N) is 1. The van der Waals surface area contributed by atoms with Crippen LogP contribution in [-0.4, -0.2) is 31.9 Å². The molecule has 26 heavy (non-hydrogen) atoms. The maximum absolute atomic E-state index is 12.1. The molecule has 0 saturated heterocycles. The van der Waals surface area contributed by atoms with Crippen molar-refractivity contribution in [2.24, 2.45) is 5.73 Å². The summed E-state index contributed by atoms with van der Waals surface area (Å²) in [5.41, 5.74) is 5.97. The molecule has 9 heteroatoms. The van der Waals surface area contributed by atoms with Gasteiger partial charge in [-0.05, 0) is 24.3 Å². The molecule has 4 N–H and O–H groups in total. The van der Waals surface area contributed by atoms with Crippen molar-refractivity contribution >= 4 is 40.7 Å². The van der Waals surface area contributed by atoms with Crippen molar-refractivity contribution in [3.63, 3.8) is 0 Å². The Bertz CT molecular complexity index is 852.